The number of amides is 1. The smallest absolute Gasteiger partial charge is 0.251 e. The molecule has 0 spiro atoms. The zero-order valence-electron chi connectivity index (χ0n) is 10.4. The molecule has 2 nitrogen and oxygen atoms in total. The number of carbonyl (C=O) groups is 1. The molecule has 1 fully saturated rings. The molecule has 2 aliphatic rings. The molecule has 1 aromatic rings. The third kappa shape index (κ3) is 2.18. The van der Waals surface area contributed by atoms with Crippen molar-refractivity contribution in [1.29, 1.82) is 0 Å². The van der Waals surface area contributed by atoms with Crippen LogP contribution >= 0.6 is 0 Å². The van der Waals surface area contributed by atoms with Crippen molar-refractivity contribution in [2.45, 2.75) is 13.3 Å². The number of rotatable bonds is 2. The molecule has 2 aliphatic carbocycles. The van der Waals surface area contributed by atoms with E-state index >= 15 is 0 Å². The lowest BCUT2D eigenvalue weighted by atomic mass is 10.0. The second kappa shape index (κ2) is 4.30. The molecule has 0 heterocycles. The predicted molar refractivity (Wildman–Crippen MR) is 68.7 cm³/mol. The maximum Gasteiger partial charge on any atom is 0.251 e. The summed E-state index contributed by atoms with van der Waals surface area (Å²) in [6.07, 6.45) is 1.54. The molecule has 1 saturated carbocycles. The van der Waals surface area contributed by atoms with Crippen molar-refractivity contribution in [3.63, 3.8) is 0 Å². The van der Waals surface area contributed by atoms with Gasteiger partial charge in [-0.05, 0) is 37.5 Å². The first-order chi connectivity index (χ1) is 9.06. The number of carbonyl (C=O) groups excluding carboxylic acids is 1. The van der Waals surface area contributed by atoms with Crippen LogP contribution in [0.4, 0.5) is 14.5 Å². The van der Waals surface area contributed by atoms with E-state index in [9.17, 15) is 13.6 Å². The highest BCUT2D eigenvalue weighted by Gasteiger charge is 2.49. The summed E-state index contributed by atoms with van der Waals surface area (Å²) < 4.78 is 26.6. The van der Waals surface area contributed by atoms with Crippen LogP contribution in [0.5, 0.6) is 0 Å². The molecule has 1 aromatic carbocycles. The largest absolute Gasteiger partial charge is 0.322 e. The average Bonchev–Trinajstić information content (AvgIpc) is 3.17. The van der Waals surface area contributed by atoms with Crippen LogP contribution in [0.2, 0.25) is 0 Å². The zero-order chi connectivity index (χ0) is 13.6. The Balaban J connectivity index is 1.78. The summed E-state index contributed by atoms with van der Waals surface area (Å²) in [7, 11) is 0. The molecule has 3 rings (SSSR count). The summed E-state index contributed by atoms with van der Waals surface area (Å²) in [5, 5.41) is 2.71. The molecule has 0 radical (unpaired) electrons. The van der Waals surface area contributed by atoms with Crippen LogP contribution in [-0.2, 0) is 4.79 Å². The Morgan fingerprint density at radius 3 is 2.58 bits per heavy atom. The normalized spacial score (nSPS) is 24.7. The van der Waals surface area contributed by atoms with E-state index in [1.807, 2.05) is 19.1 Å². The molecule has 0 aliphatic heterocycles. The van der Waals surface area contributed by atoms with E-state index in [0.717, 1.165) is 11.6 Å². The summed E-state index contributed by atoms with van der Waals surface area (Å²) in [6.45, 7) is 1.95. The molecule has 0 saturated heterocycles. The standard InChI is InChI=1S/C15H13F2NO/c1-8-2-4-9(5-3-8)18-15(19)12-7-13(16)14(17)11-6-10(11)12/h2-5,7,10-11H,6H2,1H3,(H,18,19). The molecular formula is C15H13F2NO. The van der Waals surface area contributed by atoms with Crippen molar-refractivity contribution >= 4 is 11.6 Å². The Bertz CT molecular complexity index is 601. The van der Waals surface area contributed by atoms with Crippen molar-refractivity contribution in [2.75, 3.05) is 5.32 Å². The molecule has 4 heteroatoms. The van der Waals surface area contributed by atoms with Gasteiger partial charge in [0.05, 0.1) is 0 Å². The molecule has 2 atom stereocenters. The fraction of sp³-hybridized carbons (Fsp3) is 0.267. The minimum atomic E-state index is -0.909. The fourth-order valence-electron chi connectivity index (χ4n) is 2.38. The van der Waals surface area contributed by atoms with Crippen LogP contribution in [0.1, 0.15) is 12.0 Å². The topological polar surface area (TPSA) is 29.1 Å². The summed E-state index contributed by atoms with van der Waals surface area (Å²) in [6, 6.07) is 7.33. The van der Waals surface area contributed by atoms with Crippen LogP contribution in [0, 0.1) is 18.8 Å². The van der Waals surface area contributed by atoms with E-state index in [1.165, 1.54) is 0 Å². The molecule has 19 heavy (non-hydrogen) atoms. The molecule has 1 amide bonds. The number of nitrogens with one attached hydrogen (secondary N) is 1. The van der Waals surface area contributed by atoms with E-state index in [2.05, 4.69) is 5.32 Å². The minimum absolute atomic E-state index is 0.162. The minimum Gasteiger partial charge on any atom is -0.322 e. The Morgan fingerprint density at radius 2 is 1.89 bits per heavy atom. The third-order valence-corrected chi connectivity index (χ3v) is 3.60. The fourth-order valence-corrected chi connectivity index (χ4v) is 2.38. The number of aryl methyl sites for hydroxylation is 1. The summed E-state index contributed by atoms with van der Waals surface area (Å²) >= 11 is 0. The maximum absolute atomic E-state index is 13.3. The first-order valence-corrected chi connectivity index (χ1v) is 6.21. The SMILES string of the molecule is Cc1ccc(NC(=O)C2=CC(F)=C(F)C3CC23)cc1. The summed E-state index contributed by atoms with van der Waals surface area (Å²) in [5.74, 6) is -2.56. The van der Waals surface area contributed by atoms with Crippen LogP contribution < -0.4 is 5.32 Å². The Kier molecular flexibility index (Phi) is 2.73. The van der Waals surface area contributed by atoms with Crippen LogP contribution in [0.25, 0.3) is 0 Å². The number of allylic oxidation sites excluding steroid dienone is 3. The van der Waals surface area contributed by atoms with E-state index in [0.29, 0.717) is 17.7 Å². The zero-order valence-corrected chi connectivity index (χ0v) is 10.4. The van der Waals surface area contributed by atoms with Crippen molar-refractivity contribution < 1.29 is 13.6 Å². The van der Waals surface area contributed by atoms with Gasteiger partial charge >= 0.3 is 0 Å². The van der Waals surface area contributed by atoms with E-state index in [1.54, 1.807) is 12.1 Å². The van der Waals surface area contributed by atoms with Gasteiger partial charge in [-0.1, -0.05) is 17.7 Å². The van der Waals surface area contributed by atoms with Crippen molar-refractivity contribution in [2.24, 2.45) is 11.8 Å². The van der Waals surface area contributed by atoms with Gasteiger partial charge in [-0.25, -0.2) is 8.78 Å². The maximum atomic E-state index is 13.3. The molecule has 0 bridgehead atoms. The second-order valence-electron chi connectivity index (χ2n) is 5.06. The van der Waals surface area contributed by atoms with E-state index < -0.39 is 17.6 Å². The lowest BCUT2D eigenvalue weighted by Crippen LogP contribution is -2.17. The van der Waals surface area contributed by atoms with Crippen molar-refractivity contribution in [3.05, 3.63) is 53.1 Å². The van der Waals surface area contributed by atoms with Gasteiger partial charge in [0.15, 0.2) is 5.83 Å². The van der Waals surface area contributed by atoms with Crippen molar-refractivity contribution in [1.82, 2.24) is 0 Å². The number of halogens is 2. The number of benzene rings is 1. The molecule has 98 valence electrons. The lowest BCUT2D eigenvalue weighted by molar-refractivity contribution is -0.113. The predicted octanol–water partition coefficient (Wildman–Crippen LogP) is 3.66. The summed E-state index contributed by atoms with van der Waals surface area (Å²) in [5.41, 5.74) is 2.08. The molecular weight excluding hydrogens is 248 g/mol. The van der Waals surface area contributed by atoms with Crippen LogP contribution in [0.3, 0.4) is 0 Å². The van der Waals surface area contributed by atoms with Gasteiger partial charge in [0.25, 0.3) is 5.91 Å². The monoisotopic (exact) mass is 261 g/mol. The highest BCUT2D eigenvalue weighted by Crippen LogP contribution is 2.53. The van der Waals surface area contributed by atoms with Gasteiger partial charge in [0.2, 0.25) is 0 Å². The highest BCUT2D eigenvalue weighted by molar-refractivity contribution is 6.05. The molecule has 2 unspecified atom stereocenters. The molecule has 1 N–H and O–H groups in total. The van der Waals surface area contributed by atoms with Gasteiger partial charge in [-0.15, -0.1) is 0 Å². The number of hydrogen-bond acceptors (Lipinski definition) is 1. The second-order valence-corrected chi connectivity index (χ2v) is 5.06. The van der Waals surface area contributed by atoms with E-state index in [4.69, 9.17) is 0 Å². The Morgan fingerprint density at radius 1 is 1.21 bits per heavy atom. The quantitative estimate of drug-likeness (QED) is 0.864. The van der Waals surface area contributed by atoms with Crippen LogP contribution in [0.15, 0.2) is 47.6 Å². The average molecular weight is 261 g/mol. The van der Waals surface area contributed by atoms with Gasteiger partial charge in [0.1, 0.15) is 5.83 Å². The number of fused-ring (bicyclic) bond motifs is 1. The van der Waals surface area contributed by atoms with Gasteiger partial charge < -0.3 is 5.32 Å². The Hall–Kier alpha value is -1.97. The number of hydrogen-bond donors (Lipinski definition) is 1. The van der Waals surface area contributed by atoms with Crippen LogP contribution in [-0.4, -0.2) is 5.91 Å². The highest BCUT2D eigenvalue weighted by atomic mass is 19.2. The van der Waals surface area contributed by atoms with Gasteiger partial charge in [-0.2, -0.15) is 0 Å². The first-order valence-electron chi connectivity index (χ1n) is 6.21. The number of anilines is 1. The van der Waals surface area contributed by atoms with Crippen molar-refractivity contribution in [3.8, 4) is 0 Å². The Labute approximate surface area is 109 Å². The summed E-state index contributed by atoms with van der Waals surface area (Å²) in [4.78, 5) is 12.1. The van der Waals surface area contributed by atoms with Gasteiger partial charge in [0, 0.05) is 17.2 Å². The molecule has 0 aromatic heterocycles. The third-order valence-electron chi connectivity index (χ3n) is 3.60. The van der Waals surface area contributed by atoms with E-state index in [-0.39, 0.29) is 11.8 Å². The lowest BCUT2D eigenvalue weighted by Gasteiger charge is -2.12. The first kappa shape index (κ1) is 12.1. The van der Waals surface area contributed by atoms with Gasteiger partial charge in [-0.3, -0.25) is 4.79 Å².